The lowest BCUT2D eigenvalue weighted by molar-refractivity contribution is 0.0690. The molecule has 1 aromatic heterocycles. The predicted octanol–water partition coefficient (Wildman–Crippen LogP) is 1.95. The third-order valence-corrected chi connectivity index (χ3v) is 3.32. The van der Waals surface area contributed by atoms with Gasteiger partial charge in [0.1, 0.15) is 12.2 Å². The van der Waals surface area contributed by atoms with Crippen LogP contribution < -0.4 is 4.74 Å². The summed E-state index contributed by atoms with van der Waals surface area (Å²) in [6, 6.07) is 3.22. The van der Waals surface area contributed by atoms with Crippen molar-refractivity contribution in [3.63, 3.8) is 0 Å². The van der Waals surface area contributed by atoms with Crippen LogP contribution in [-0.4, -0.2) is 47.2 Å². The number of carboxylic acids is 1. The number of carboxylic acid groups (broad SMARTS) is 1. The Labute approximate surface area is 113 Å². The van der Waals surface area contributed by atoms with Crippen LogP contribution in [-0.2, 0) is 0 Å². The highest BCUT2D eigenvalue weighted by molar-refractivity contribution is 5.90. The predicted molar refractivity (Wildman–Crippen MR) is 71.7 cm³/mol. The van der Waals surface area contributed by atoms with Crippen LogP contribution in [0.5, 0.6) is 5.88 Å². The van der Waals surface area contributed by atoms with E-state index in [-0.39, 0.29) is 11.4 Å². The number of aryl methyl sites for hydroxylation is 1. The SMILES string of the molecule is Cc1ccc(C(=O)O)c(OCCN2CCCCC2)n1. The van der Waals surface area contributed by atoms with Crippen molar-refractivity contribution in [3.8, 4) is 5.88 Å². The van der Waals surface area contributed by atoms with E-state index in [0.717, 1.165) is 25.3 Å². The van der Waals surface area contributed by atoms with Crippen molar-refractivity contribution in [3.05, 3.63) is 23.4 Å². The topological polar surface area (TPSA) is 62.7 Å². The van der Waals surface area contributed by atoms with E-state index < -0.39 is 5.97 Å². The lowest BCUT2D eigenvalue weighted by atomic mass is 10.1. The Morgan fingerprint density at radius 2 is 2.11 bits per heavy atom. The van der Waals surface area contributed by atoms with E-state index in [0.29, 0.717) is 6.61 Å². The molecule has 5 heteroatoms. The Bertz CT molecular complexity index is 442. The van der Waals surface area contributed by atoms with Crippen LogP contribution >= 0.6 is 0 Å². The molecule has 0 aromatic carbocycles. The molecule has 2 heterocycles. The lowest BCUT2D eigenvalue weighted by Crippen LogP contribution is -2.33. The Hall–Kier alpha value is -1.62. The van der Waals surface area contributed by atoms with Gasteiger partial charge < -0.3 is 9.84 Å². The van der Waals surface area contributed by atoms with Crippen molar-refractivity contribution in [2.45, 2.75) is 26.2 Å². The summed E-state index contributed by atoms with van der Waals surface area (Å²) >= 11 is 0. The van der Waals surface area contributed by atoms with Gasteiger partial charge in [0.15, 0.2) is 0 Å². The molecule has 19 heavy (non-hydrogen) atoms. The van der Waals surface area contributed by atoms with Gasteiger partial charge in [-0.05, 0) is 45.0 Å². The zero-order valence-corrected chi connectivity index (χ0v) is 11.3. The molecule has 0 unspecified atom stereocenters. The summed E-state index contributed by atoms with van der Waals surface area (Å²) in [6.45, 7) is 5.35. The van der Waals surface area contributed by atoms with Crippen molar-refractivity contribution >= 4 is 5.97 Å². The third kappa shape index (κ3) is 3.92. The first-order valence-electron chi connectivity index (χ1n) is 6.73. The molecule has 0 bridgehead atoms. The standard InChI is InChI=1S/C14H20N2O3/c1-11-5-6-12(14(17)18)13(15-11)19-10-9-16-7-3-2-4-8-16/h5-6H,2-4,7-10H2,1H3,(H,17,18). The fourth-order valence-corrected chi connectivity index (χ4v) is 2.26. The molecule has 0 radical (unpaired) electrons. The minimum Gasteiger partial charge on any atom is -0.477 e. The molecule has 1 aliphatic rings. The fraction of sp³-hybridized carbons (Fsp3) is 0.571. The Morgan fingerprint density at radius 3 is 2.79 bits per heavy atom. The smallest absolute Gasteiger partial charge is 0.341 e. The van der Waals surface area contributed by atoms with Crippen molar-refractivity contribution in [1.82, 2.24) is 9.88 Å². The van der Waals surface area contributed by atoms with Crippen LogP contribution in [0.1, 0.15) is 35.3 Å². The van der Waals surface area contributed by atoms with E-state index in [1.165, 1.54) is 19.3 Å². The molecule has 0 aliphatic carbocycles. The van der Waals surface area contributed by atoms with Gasteiger partial charge >= 0.3 is 5.97 Å². The number of ether oxygens (including phenoxy) is 1. The van der Waals surface area contributed by atoms with Crippen LogP contribution in [0.2, 0.25) is 0 Å². The highest BCUT2D eigenvalue weighted by atomic mass is 16.5. The normalized spacial score (nSPS) is 16.3. The Morgan fingerprint density at radius 1 is 1.37 bits per heavy atom. The molecule has 1 saturated heterocycles. The van der Waals surface area contributed by atoms with Crippen molar-refractivity contribution in [2.24, 2.45) is 0 Å². The second-order valence-corrected chi connectivity index (χ2v) is 4.86. The van der Waals surface area contributed by atoms with Gasteiger partial charge in [0.25, 0.3) is 0 Å². The maximum Gasteiger partial charge on any atom is 0.341 e. The summed E-state index contributed by atoms with van der Waals surface area (Å²) in [4.78, 5) is 17.6. The van der Waals surface area contributed by atoms with Gasteiger partial charge in [-0.2, -0.15) is 0 Å². The van der Waals surface area contributed by atoms with Crippen molar-refractivity contribution in [1.29, 1.82) is 0 Å². The summed E-state index contributed by atoms with van der Waals surface area (Å²) in [5.74, 6) is -0.773. The number of likely N-dealkylation sites (tertiary alicyclic amines) is 1. The zero-order chi connectivity index (χ0) is 13.7. The lowest BCUT2D eigenvalue weighted by Gasteiger charge is -2.26. The molecular weight excluding hydrogens is 244 g/mol. The molecule has 1 aromatic rings. The molecule has 0 amide bonds. The first-order valence-corrected chi connectivity index (χ1v) is 6.73. The monoisotopic (exact) mass is 264 g/mol. The van der Waals surface area contributed by atoms with E-state index in [9.17, 15) is 4.79 Å². The van der Waals surface area contributed by atoms with Gasteiger partial charge in [0.05, 0.1) is 0 Å². The molecule has 1 N–H and O–H groups in total. The largest absolute Gasteiger partial charge is 0.477 e. The maximum absolute atomic E-state index is 11.1. The van der Waals surface area contributed by atoms with Crippen molar-refractivity contribution in [2.75, 3.05) is 26.2 Å². The van der Waals surface area contributed by atoms with Crippen molar-refractivity contribution < 1.29 is 14.6 Å². The molecule has 0 atom stereocenters. The van der Waals surface area contributed by atoms with Gasteiger partial charge in [-0.15, -0.1) is 0 Å². The molecule has 0 saturated carbocycles. The number of hydrogen-bond donors (Lipinski definition) is 1. The van der Waals surface area contributed by atoms with Crippen LogP contribution in [0, 0.1) is 6.92 Å². The minimum atomic E-state index is -1.000. The Balaban J connectivity index is 1.91. The second kappa shape index (κ2) is 6.52. The molecule has 1 fully saturated rings. The first-order chi connectivity index (χ1) is 9.16. The quantitative estimate of drug-likeness (QED) is 0.880. The van der Waals surface area contributed by atoms with Crippen LogP contribution in [0.4, 0.5) is 0 Å². The summed E-state index contributed by atoms with van der Waals surface area (Å²) in [7, 11) is 0. The molecular formula is C14H20N2O3. The van der Waals surface area contributed by atoms with E-state index in [1.807, 2.05) is 6.92 Å². The molecule has 104 valence electrons. The molecule has 2 rings (SSSR count). The van der Waals surface area contributed by atoms with E-state index in [4.69, 9.17) is 9.84 Å². The average Bonchev–Trinajstić information content (AvgIpc) is 2.39. The number of rotatable bonds is 5. The van der Waals surface area contributed by atoms with E-state index in [2.05, 4.69) is 9.88 Å². The number of pyridine rings is 1. The van der Waals surface area contributed by atoms with Crippen LogP contribution in [0.15, 0.2) is 12.1 Å². The summed E-state index contributed by atoms with van der Waals surface area (Å²) in [6.07, 6.45) is 3.78. The van der Waals surface area contributed by atoms with E-state index >= 15 is 0 Å². The van der Waals surface area contributed by atoms with Crippen LogP contribution in [0.3, 0.4) is 0 Å². The molecule has 1 aliphatic heterocycles. The summed E-state index contributed by atoms with van der Waals surface area (Å²) in [5.41, 5.74) is 0.891. The number of aromatic carboxylic acids is 1. The maximum atomic E-state index is 11.1. The molecule has 5 nitrogen and oxygen atoms in total. The zero-order valence-electron chi connectivity index (χ0n) is 11.3. The fourth-order valence-electron chi connectivity index (χ4n) is 2.26. The van der Waals surface area contributed by atoms with Gasteiger partial charge in [-0.25, -0.2) is 9.78 Å². The number of aromatic nitrogens is 1. The minimum absolute atomic E-state index is 0.129. The van der Waals surface area contributed by atoms with Crippen LogP contribution in [0.25, 0.3) is 0 Å². The molecule has 0 spiro atoms. The summed E-state index contributed by atoms with van der Waals surface area (Å²) < 4.78 is 5.55. The Kier molecular flexibility index (Phi) is 4.74. The van der Waals surface area contributed by atoms with E-state index in [1.54, 1.807) is 12.1 Å². The third-order valence-electron chi connectivity index (χ3n) is 3.32. The number of hydrogen-bond acceptors (Lipinski definition) is 4. The second-order valence-electron chi connectivity index (χ2n) is 4.86. The highest BCUT2D eigenvalue weighted by Crippen LogP contribution is 2.16. The summed E-state index contributed by atoms with van der Waals surface area (Å²) in [5, 5.41) is 9.07. The van der Waals surface area contributed by atoms with Gasteiger partial charge in [-0.1, -0.05) is 6.42 Å². The van der Waals surface area contributed by atoms with Gasteiger partial charge in [0, 0.05) is 12.2 Å². The average molecular weight is 264 g/mol. The van der Waals surface area contributed by atoms with Gasteiger partial charge in [0.2, 0.25) is 5.88 Å². The van der Waals surface area contributed by atoms with Gasteiger partial charge in [-0.3, -0.25) is 4.90 Å². The number of carbonyl (C=O) groups is 1. The first kappa shape index (κ1) is 13.8. The highest BCUT2D eigenvalue weighted by Gasteiger charge is 2.14. The number of nitrogens with zero attached hydrogens (tertiary/aromatic N) is 2. The number of piperidine rings is 1.